The Labute approximate surface area is 210 Å². The van der Waals surface area contributed by atoms with E-state index in [2.05, 4.69) is 29.6 Å². The fourth-order valence-electron chi connectivity index (χ4n) is 4.50. The van der Waals surface area contributed by atoms with Crippen LogP contribution in [0.1, 0.15) is 44.2 Å². The molecule has 0 spiro atoms. The maximum absolute atomic E-state index is 13.4. The minimum atomic E-state index is -0.211. The van der Waals surface area contributed by atoms with Gasteiger partial charge in [-0.1, -0.05) is 53.6 Å². The number of rotatable bonds is 6. The number of likely N-dealkylation sites (tertiary alicyclic amines) is 1. The molecule has 182 valence electrons. The van der Waals surface area contributed by atoms with Crippen molar-refractivity contribution in [1.82, 2.24) is 10.2 Å². The molecule has 2 amide bonds. The van der Waals surface area contributed by atoms with Gasteiger partial charge >= 0.3 is 0 Å². The third kappa shape index (κ3) is 5.43. The molecule has 0 saturated carbocycles. The number of piperidine rings is 1. The van der Waals surface area contributed by atoms with Gasteiger partial charge in [0.25, 0.3) is 11.8 Å². The second-order valence-electron chi connectivity index (χ2n) is 8.69. The molecule has 0 aliphatic carbocycles. The molecule has 3 aromatic carbocycles. The number of ether oxygens (including phenoxy) is 2. The molecule has 0 aromatic heterocycles. The fourth-order valence-corrected chi connectivity index (χ4v) is 4.73. The van der Waals surface area contributed by atoms with Gasteiger partial charge in [0, 0.05) is 30.6 Å². The van der Waals surface area contributed by atoms with Crippen molar-refractivity contribution in [1.29, 1.82) is 0 Å². The number of halogens is 1. The van der Waals surface area contributed by atoms with Gasteiger partial charge in [0.15, 0.2) is 11.5 Å². The number of benzene rings is 3. The lowest BCUT2D eigenvalue weighted by molar-refractivity contribution is 0.0671. The Morgan fingerprint density at radius 3 is 2.37 bits per heavy atom. The summed E-state index contributed by atoms with van der Waals surface area (Å²) in [6.45, 7) is 3.03. The summed E-state index contributed by atoms with van der Waals surface area (Å²) in [5.74, 6) is 0.717. The molecule has 0 unspecified atom stereocenters. The summed E-state index contributed by atoms with van der Waals surface area (Å²) < 4.78 is 10.7. The predicted octanol–water partition coefficient (Wildman–Crippen LogP) is 5.09. The highest BCUT2D eigenvalue weighted by Gasteiger charge is 2.34. The zero-order valence-electron chi connectivity index (χ0n) is 20.1. The number of hydrogen-bond donors (Lipinski definition) is 1. The number of nitrogens with zero attached hydrogens (tertiary/aromatic N) is 1. The van der Waals surface area contributed by atoms with E-state index in [0.717, 1.165) is 11.1 Å². The summed E-state index contributed by atoms with van der Waals surface area (Å²) in [6.07, 6.45) is 0.619. The van der Waals surface area contributed by atoms with Crippen molar-refractivity contribution in [2.45, 2.75) is 25.3 Å². The van der Waals surface area contributed by atoms with Gasteiger partial charge in [0.05, 0.1) is 24.8 Å². The number of amides is 2. The van der Waals surface area contributed by atoms with Crippen molar-refractivity contribution in [3.8, 4) is 11.5 Å². The third-order valence-electron chi connectivity index (χ3n) is 6.47. The van der Waals surface area contributed by atoms with Crippen LogP contribution in [0.15, 0.2) is 66.7 Å². The number of nitrogens with one attached hydrogen (secondary N) is 1. The molecular formula is C28H29ClN2O4. The predicted molar refractivity (Wildman–Crippen MR) is 137 cm³/mol. The quantitative estimate of drug-likeness (QED) is 0.520. The summed E-state index contributed by atoms with van der Waals surface area (Å²) in [7, 11) is 3.11. The van der Waals surface area contributed by atoms with Crippen molar-refractivity contribution in [2.75, 3.05) is 27.3 Å². The van der Waals surface area contributed by atoms with Crippen LogP contribution in [0.2, 0.25) is 5.02 Å². The van der Waals surface area contributed by atoms with Gasteiger partial charge in [-0.15, -0.1) is 0 Å². The van der Waals surface area contributed by atoms with E-state index in [1.807, 2.05) is 11.8 Å². The maximum atomic E-state index is 13.4. The molecule has 35 heavy (non-hydrogen) atoms. The third-order valence-corrected chi connectivity index (χ3v) is 6.80. The van der Waals surface area contributed by atoms with Gasteiger partial charge in [-0.25, -0.2) is 0 Å². The fraction of sp³-hybridized carbons (Fsp3) is 0.286. The Kier molecular flexibility index (Phi) is 7.61. The van der Waals surface area contributed by atoms with Gasteiger partial charge in [0.1, 0.15) is 0 Å². The molecule has 0 radical (unpaired) electrons. The van der Waals surface area contributed by atoms with Crippen molar-refractivity contribution < 1.29 is 19.1 Å². The molecule has 1 fully saturated rings. The van der Waals surface area contributed by atoms with Crippen molar-refractivity contribution in [2.24, 2.45) is 0 Å². The Bertz CT molecular complexity index is 1210. The molecule has 1 aliphatic heterocycles. The average molecular weight is 493 g/mol. The molecule has 1 heterocycles. The van der Waals surface area contributed by atoms with E-state index in [-0.39, 0.29) is 23.8 Å². The van der Waals surface area contributed by atoms with Crippen molar-refractivity contribution >= 4 is 23.4 Å². The summed E-state index contributed by atoms with van der Waals surface area (Å²) in [5.41, 5.74) is 3.20. The average Bonchev–Trinajstić information content (AvgIpc) is 2.88. The molecular weight excluding hydrogens is 464 g/mol. The summed E-state index contributed by atoms with van der Waals surface area (Å²) >= 11 is 6.25. The molecule has 0 bridgehead atoms. The number of aryl methyl sites for hydroxylation is 1. The molecule has 1 saturated heterocycles. The first-order valence-electron chi connectivity index (χ1n) is 11.5. The lowest BCUT2D eigenvalue weighted by atomic mass is 9.85. The highest BCUT2D eigenvalue weighted by molar-refractivity contribution is 6.33. The monoisotopic (exact) mass is 492 g/mol. The van der Waals surface area contributed by atoms with Gasteiger partial charge in [-0.05, 0) is 49.2 Å². The standard InChI is InChI=1S/C28H29ClN2O4/c1-18-8-10-19(11-9-18)22-17-31(28(33)20-12-13-25(34-2)26(16-20)35-3)15-14-24(22)30-27(32)21-6-4-5-7-23(21)29/h4-13,16,22,24H,14-15,17H2,1-3H3,(H,30,32)/t22-,24+/m0/s1. The van der Waals surface area contributed by atoms with E-state index < -0.39 is 0 Å². The maximum Gasteiger partial charge on any atom is 0.254 e. The smallest absolute Gasteiger partial charge is 0.254 e. The van der Waals surface area contributed by atoms with Crippen LogP contribution in [-0.4, -0.2) is 50.1 Å². The van der Waals surface area contributed by atoms with E-state index in [0.29, 0.717) is 47.2 Å². The number of hydrogen-bond acceptors (Lipinski definition) is 4. The van der Waals surface area contributed by atoms with Gasteiger partial charge in [-0.3, -0.25) is 9.59 Å². The van der Waals surface area contributed by atoms with Crippen LogP contribution in [0, 0.1) is 6.92 Å². The van der Waals surface area contributed by atoms with Gasteiger partial charge in [0.2, 0.25) is 0 Å². The van der Waals surface area contributed by atoms with Gasteiger partial charge < -0.3 is 19.7 Å². The summed E-state index contributed by atoms with van der Waals surface area (Å²) in [4.78, 5) is 28.3. The van der Waals surface area contributed by atoms with E-state index >= 15 is 0 Å². The van der Waals surface area contributed by atoms with Crippen LogP contribution in [0.25, 0.3) is 0 Å². The Balaban J connectivity index is 1.58. The van der Waals surface area contributed by atoms with Crippen LogP contribution >= 0.6 is 11.6 Å². The summed E-state index contributed by atoms with van der Waals surface area (Å²) in [5, 5.41) is 3.59. The second-order valence-corrected chi connectivity index (χ2v) is 9.09. The molecule has 3 aromatic rings. The minimum absolute atomic E-state index is 0.0696. The Hall–Kier alpha value is -3.51. The van der Waals surface area contributed by atoms with Crippen LogP contribution < -0.4 is 14.8 Å². The number of carbonyl (C=O) groups is 2. The van der Waals surface area contributed by atoms with E-state index in [1.165, 1.54) is 0 Å². The van der Waals surface area contributed by atoms with E-state index in [9.17, 15) is 9.59 Å². The SMILES string of the molecule is COc1ccc(C(=O)N2CC[C@@H](NC(=O)c3ccccc3Cl)[C@H](c3ccc(C)cc3)C2)cc1OC. The second kappa shape index (κ2) is 10.8. The van der Waals surface area contributed by atoms with Crippen LogP contribution in [0.5, 0.6) is 11.5 Å². The molecule has 4 rings (SSSR count). The molecule has 1 N–H and O–H groups in total. The largest absolute Gasteiger partial charge is 0.493 e. The van der Waals surface area contributed by atoms with Crippen LogP contribution in [0.4, 0.5) is 0 Å². The number of methoxy groups -OCH3 is 2. The normalized spacial score (nSPS) is 17.5. The summed E-state index contributed by atoms with van der Waals surface area (Å²) in [6, 6.07) is 20.3. The van der Waals surface area contributed by atoms with E-state index in [4.69, 9.17) is 21.1 Å². The topological polar surface area (TPSA) is 67.9 Å². The Morgan fingerprint density at radius 2 is 1.69 bits per heavy atom. The molecule has 6 nitrogen and oxygen atoms in total. The van der Waals surface area contributed by atoms with Crippen LogP contribution in [-0.2, 0) is 0 Å². The lowest BCUT2D eigenvalue weighted by Crippen LogP contribution is -2.51. The molecule has 7 heteroatoms. The Morgan fingerprint density at radius 1 is 0.971 bits per heavy atom. The number of carbonyl (C=O) groups excluding carboxylic acids is 2. The zero-order valence-corrected chi connectivity index (χ0v) is 20.8. The highest BCUT2D eigenvalue weighted by Crippen LogP contribution is 2.32. The molecule has 1 aliphatic rings. The van der Waals surface area contributed by atoms with E-state index in [1.54, 1.807) is 56.7 Å². The minimum Gasteiger partial charge on any atom is -0.493 e. The van der Waals surface area contributed by atoms with Crippen molar-refractivity contribution in [3.05, 3.63) is 94.0 Å². The van der Waals surface area contributed by atoms with Crippen molar-refractivity contribution in [3.63, 3.8) is 0 Å². The lowest BCUT2D eigenvalue weighted by Gasteiger charge is -2.39. The first kappa shape index (κ1) is 24.6. The van der Waals surface area contributed by atoms with Crippen LogP contribution in [0.3, 0.4) is 0 Å². The first-order chi connectivity index (χ1) is 16.9. The van der Waals surface area contributed by atoms with Gasteiger partial charge in [-0.2, -0.15) is 0 Å². The molecule has 2 atom stereocenters. The highest BCUT2D eigenvalue weighted by atomic mass is 35.5. The first-order valence-corrected chi connectivity index (χ1v) is 11.9. The zero-order chi connectivity index (χ0) is 24.9.